The molecule has 4 aromatic rings. The van der Waals surface area contributed by atoms with Crippen molar-refractivity contribution in [2.45, 2.75) is 6.92 Å². The second-order valence-corrected chi connectivity index (χ2v) is 6.22. The highest BCUT2D eigenvalue weighted by atomic mass is 16.5. The number of nitrogens with zero attached hydrogens (tertiary/aromatic N) is 5. The third kappa shape index (κ3) is 4.19. The van der Waals surface area contributed by atoms with Crippen LogP contribution in [0.4, 0.5) is 0 Å². The van der Waals surface area contributed by atoms with Crippen molar-refractivity contribution in [1.29, 1.82) is 0 Å². The van der Waals surface area contributed by atoms with E-state index in [-0.39, 0.29) is 12.5 Å². The summed E-state index contributed by atoms with van der Waals surface area (Å²) in [5.41, 5.74) is 1.91. The number of ether oxygens (including phenoxy) is 2. The highest BCUT2D eigenvalue weighted by Crippen LogP contribution is 2.18. The summed E-state index contributed by atoms with van der Waals surface area (Å²) in [7, 11) is 0. The molecule has 30 heavy (non-hydrogen) atoms. The van der Waals surface area contributed by atoms with E-state index in [1.54, 1.807) is 35.0 Å². The fourth-order valence-electron chi connectivity index (χ4n) is 2.85. The summed E-state index contributed by atoms with van der Waals surface area (Å²) in [6, 6.07) is 16.5. The lowest BCUT2D eigenvalue weighted by Crippen LogP contribution is -2.28. The van der Waals surface area contributed by atoms with Crippen molar-refractivity contribution in [3.05, 3.63) is 66.4 Å². The van der Waals surface area contributed by atoms with Crippen LogP contribution in [-0.2, 0) is 0 Å². The Labute approximate surface area is 172 Å². The zero-order valence-corrected chi connectivity index (χ0v) is 16.4. The first kappa shape index (κ1) is 19.3. The molecule has 0 fully saturated rings. The molecule has 0 spiro atoms. The number of carbonyl (C=O) groups excluding carboxylic acids is 1. The summed E-state index contributed by atoms with van der Waals surface area (Å²) in [6.45, 7) is 2.82. The van der Waals surface area contributed by atoms with Gasteiger partial charge in [0, 0.05) is 17.8 Å². The molecule has 1 aromatic carbocycles. The molecule has 1 amide bonds. The van der Waals surface area contributed by atoms with E-state index in [1.165, 1.54) is 0 Å². The molecule has 0 aliphatic carbocycles. The highest BCUT2D eigenvalue weighted by Gasteiger charge is 2.13. The van der Waals surface area contributed by atoms with E-state index >= 15 is 0 Å². The van der Waals surface area contributed by atoms with Gasteiger partial charge in [-0.25, -0.2) is 4.98 Å². The van der Waals surface area contributed by atoms with Crippen LogP contribution in [0, 0.1) is 0 Å². The molecule has 9 heteroatoms. The maximum Gasteiger partial charge on any atom is 0.256 e. The summed E-state index contributed by atoms with van der Waals surface area (Å²) in [5.74, 6) is 1.07. The molecule has 0 bridgehead atoms. The van der Waals surface area contributed by atoms with Gasteiger partial charge in [0.2, 0.25) is 11.8 Å². The van der Waals surface area contributed by atoms with Crippen molar-refractivity contribution in [1.82, 2.24) is 30.1 Å². The van der Waals surface area contributed by atoms with Gasteiger partial charge in [0.15, 0.2) is 11.5 Å². The molecule has 0 radical (unpaired) electrons. The predicted octanol–water partition coefficient (Wildman–Crippen LogP) is 2.39. The number of rotatable bonds is 8. The largest absolute Gasteiger partial charge is 0.477 e. The fraction of sp³-hybridized carbons (Fsp3) is 0.190. The van der Waals surface area contributed by atoms with Crippen molar-refractivity contribution < 1.29 is 14.3 Å². The zero-order chi connectivity index (χ0) is 20.8. The first-order valence-corrected chi connectivity index (χ1v) is 9.53. The maximum atomic E-state index is 12.4. The van der Waals surface area contributed by atoms with Crippen LogP contribution in [0.3, 0.4) is 0 Å². The quantitative estimate of drug-likeness (QED) is 0.450. The fourth-order valence-corrected chi connectivity index (χ4v) is 2.85. The molecule has 1 N–H and O–H groups in total. The standard InChI is InChI=1S/C21H20N6O3/c1-2-29-21-16(9-6-12-23-21)20(28)22-13-14-30-18-11-10-17-24-25-19(27(17)26-18)15-7-4-3-5-8-15/h3-12H,2,13-14H2,1H3,(H,22,28). The first-order valence-electron chi connectivity index (χ1n) is 9.53. The minimum absolute atomic E-state index is 0.247. The Balaban J connectivity index is 1.38. The van der Waals surface area contributed by atoms with Crippen LogP contribution in [-0.4, -0.2) is 50.5 Å². The Kier molecular flexibility index (Phi) is 5.79. The molecule has 0 atom stereocenters. The van der Waals surface area contributed by atoms with E-state index in [0.29, 0.717) is 41.9 Å². The second-order valence-electron chi connectivity index (χ2n) is 6.22. The molecule has 3 heterocycles. The van der Waals surface area contributed by atoms with Crippen LogP contribution in [0.2, 0.25) is 0 Å². The van der Waals surface area contributed by atoms with Gasteiger partial charge >= 0.3 is 0 Å². The van der Waals surface area contributed by atoms with Gasteiger partial charge in [-0.15, -0.1) is 15.3 Å². The molecule has 0 aliphatic heterocycles. The lowest BCUT2D eigenvalue weighted by atomic mass is 10.2. The molecular weight excluding hydrogens is 384 g/mol. The van der Waals surface area contributed by atoms with Crippen molar-refractivity contribution >= 4 is 11.6 Å². The van der Waals surface area contributed by atoms with Crippen LogP contribution in [0.1, 0.15) is 17.3 Å². The topological polar surface area (TPSA) is 104 Å². The Morgan fingerprint density at radius 1 is 1.03 bits per heavy atom. The van der Waals surface area contributed by atoms with Crippen LogP contribution >= 0.6 is 0 Å². The van der Waals surface area contributed by atoms with E-state index in [9.17, 15) is 4.79 Å². The van der Waals surface area contributed by atoms with Crippen molar-refractivity contribution in [2.75, 3.05) is 19.8 Å². The molecule has 0 saturated carbocycles. The number of carbonyl (C=O) groups is 1. The molecular formula is C21H20N6O3. The Hall–Kier alpha value is -4.01. The minimum atomic E-state index is -0.274. The maximum absolute atomic E-state index is 12.4. The number of hydrogen-bond acceptors (Lipinski definition) is 7. The van der Waals surface area contributed by atoms with Gasteiger partial charge in [-0.1, -0.05) is 30.3 Å². The number of hydrogen-bond donors (Lipinski definition) is 1. The van der Waals surface area contributed by atoms with E-state index < -0.39 is 0 Å². The average molecular weight is 404 g/mol. The Morgan fingerprint density at radius 2 is 1.90 bits per heavy atom. The SMILES string of the molecule is CCOc1ncccc1C(=O)NCCOc1ccc2nnc(-c3ccccc3)n2n1. The van der Waals surface area contributed by atoms with Gasteiger partial charge < -0.3 is 14.8 Å². The summed E-state index contributed by atoms with van der Waals surface area (Å²) in [6.07, 6.45) is 1.58. The van der Waals surface area contributed by atoms with Crippen molar-refractivity contribution in [3.8, 4) is 23.1 Å². The summed E-state index contributed by atoms with van der Waals surface area (Å²) in [5, 5.41) is 15.6. The third-order valence-electron chi connectivity index (χ3n) is 4.20. The number of aromatic nitrogens is 5. The number of pyridine rings is 1. The number of fused-ring (bicyclic) bond motifs is 1. The molecule has 0 saturated heterocycles. The molecule has 0 unspecified atom stereocenters. The zero-order valence-electron chi connectivity index (χ0n) is 16.4. The summed E-state index contributed by atoms with van der Waals surface area (Å²) < 4.78 is 12.7. The van der Waals surface area contributed by atoms with Gasteiger partial charge in [-0.2, -0.15) is 4.52 Å². The summed E-state index contributed by atoms with van der Waals surface area (Å²) >= 11 is 0. The average Bonchev–Trinajstić information content (AvgIpc) is 3.21. The van der Waals surface area contributed by atoms with Gasteiger partial charge in [-0.05, 0) is 25.1 Å². The lowest BCUT2D eigenvalue weighted by Gasteiger charge is -2.10. The van der Waals surface area contributed by atoms with Gasteiger partial charge in [0.05, 0.1) is 13.2 Å². The Bertz CT molecular complexity index is 1150. The molecule has 9 nitrogen and oxygen atoms in total. The second kappa shape index (κ2) is 8.99. The van der Waals surface area contributed by atoms with Crippen LogP contribution in [0.15, 0.2) is 60.8 Å². The number of amides is 1. The van der Waals surface area contributed by atoms with E-state index in [4.69, 9.17) is 9.47 Å². The monoisotopic (exact) mass is 404 g/mol. The van der Waals surface area contributed by atoms with Crippen LogP contribution in [0.25, 0.3) is 17.0 Å². The van der Waals surface area contributed by atoms with Gasteiger partial charge in [0.1, 0.15) is 12.2 Å². The van der Waals surface area contributed by atoms with Crippen molar-refractivity contribution in [3.63, 3.8) is 0 Å². The van der Waals surface area contributed by atoms with Gasteiger partial charge in [0.25, 0.3) is 5.91 Å². The summed E-state index contributed by atoms with van der Waals surface area (Å²) in [4.78, 5) is 16.5. The molecule has 4 rings (SSSR count). The van der Waals surface area contributed by atoms with Gasteiger partial charge in [-0.3, -0.25) is 4.79 Å². The van der Waals surface area contributed by atoms with E-state index in [1.807, 2.05) is 37.3 Å². The third-order valence-corrected chi connectivity index (χ3v) is 4.20. The van der Waals surface area contributed by atoms with Crippen LogP contribution < -0.4 is 14.8 Å². The minimum Gasteiger partial charge on any atom is -0.477 e. The first-order chi connectivity index (χ1) is 14.8. The van der Waals surface area contributed by atoms with E-state index in [0.717, 1.165) is 5.56 Å². The molecule has 0 aliphatic rings. The Morgan fingerprint density at radius 3 is 2.73 bits per heavy atom. The smallest absolute Gasteiger partial charge is 0.256 e. The normalized spacial score (nSPS) is 10.7. The predicted molar refractivity (Wildman–Crippen MR) is 109 cm³/mol. The van der Waals surface area contributed by atoms with E-state index in [2.05, 4.69) is 25.6 Å². The van der Waals surface area contributed by atoms with Crippen LogP contribution in [0.5, 0.6) is 11.8 Å². The number of benzene rings is 1. The lowest BCUT2D eigenvalue weighted by molar-refractivity contribution is 0.0942. The number of nitrogens with one attached hydrogen (secondary N) is 1. The van der Waals surface area contributed by atoms with Crippen molar-refractivity contribution in [2.24, 2.45) is 0 Å². The molecule has 152 valence electrons. The highest BCUT2D eigenvalue weighted by molar-refractivity contribution is 5.96. The molecule has 3 aromatic heterocycles.